The summed E-state index contributed by atoms with van der Waals surface area (Å²) in [4.78, 5) is 0.238. The Kier molecular flexibility index (Phi) is 2.40. The number of hydrogen-bond acceptors (Lipinski definition) is 1. The Bertz CT molecular complexity index is 344. The SMILES string of the molecule is COc1ccc2c(c1)CC=[C]C2Br. The summed E-state index contributed by atoms with van der Waals surface area (Å²) in [5, 5.41) is 0. The van der Waals surface area contributed by atoms with Gasteiger partial charge in [0.05, 0.1) is 11.9 Å². The molecule has 1 aromatic carbocycles. The van der Waals surface area contributed by atoms with E-state index in [2.05, 4.69) is 40.2 Å². The Labute approximate surface area is 86.5 Å². The predicted octanol–water partition coefficient (Wildman–Crippen LogP) is 3.05. The van der Waals surface area contributed by atoms with Crippen molar-refractivity contribution in [3.05, 3.63) is 41.5 Å². The molecule has 0 fully saturated rings. The minimum Gasteiger partial charge on any atom is -0.497 e. The first-order valence-corrected chi connectivity index (χ1v) is 5.11. The average molecular weight is 238 g/mol. The highest BCUT2D eigenvalue weighted by molar-refractivity contribution is 9.09. The minimum absolute atomic E-state index is 0.238. The summed E-state index contributed by atoms with van der Waals surface area (Å²) in [6.45, 7) is 0. The number of alkyl halides is 1. The smallest absolute Gasteiger partial charge is 0.119 e. The van der Waals surface area contributed by atoms with E-state index in [0.717, 1.165) is 12.2 Å². The molecule has 0 saturated carbocycles. The molecule has 0 aliphatic heterocycles. The van der Waals surface area contributed by atoms with Gasteiger partial charge in [-0.3, -0.25) is 0 Å². The lowest BCUT2D eigenvalue weighted by Crippen LogP contribution is -2.00. The summed E-state index contributed by atoms with van der Waals surface area (Å²) in [6, 6.07) is 6.16. The molecule has 13 heavy (non-hydrogen) atoms. The molecule has 2 heteroatoms. The normalized spacial score (nSPS) is 19.7. The number of hydrogen-bond donors (Lipinski definition) is 0. The third-order valence-corrected chi connectivity index (χ3v) is 2.97. The summed E-state index contributed by atoms with van der Waals surface area (Å²) >= 11 is 3.55. The van der Waals surface area contributed by atoms with Crippen molar-refractivity contribution >= 4 is 15.9 Å². The quantitative estimate of drug-likeness (QED) is 0.683. The van der Waals surface area contributed by atoms with Crippen LogP contribution < -0.4 is 4.74 Å². The number of fused-ring (bicyclic) bond motifs is 1. The van der Waals surface area contributed by atoms with Gasteiger partial charge in [0.15, 0.2) is 0 Å². The zero-order valence-corrected chi connectivity index (χ0v) is 8.97. The molecule has 1 aromatic rings. The van der Waals surface area contributed by atoms with Gasteiger partial charge >= 0.3 is 0 Å². The van der Waals surface area contributed by atoms with E-state index in [-0.39, 0.29) is 4.83 Å². The molecule has 0 saturated heterocycles. The first-order chi connectivity index (χ1) is 6.31. The second-order valence-electron chi connectivity index (χ2n) is 3.00. The molecule has 0 heterocycles. The molecule has 67 valence electrons. The molecular formula is C11H10BrO. The van der Waals surface area contributed by atoms with Crippen molar-refractivity contribution in [2.75, 3.05) is 7.11 Å². The molecule has 1 radical (unpaired) electrons. The highest BCUT2D eigenvalue weighted by Crippen LogP contribution is 2.32. The predicted molar refractivity (Wildman–Crippen MR) is 56.2 cm³/mol. The van der Waals surface area contributed by atoms with Crippen molar-refractivity contribution in [1.82, 2.24) is 0 Å². The molecule has 1 nitrogen and oxygen atoms in total. The van der Waals surface area contributed by atoms with E-state index in [1.54, 1.807) is 7.11 Å². The Morgan fingerprint density at radius 1 is 1.54 bits per heavy atom. The summed E-state index contributed by atoms with van der Waals surface area (Å²) < 4.78 is 5.17. The van der Waals surface area contributed by atoms with E-state index in [0.29, 0.717) is 0 Å². The molecule has 0 amide bonds. The summed E-state index contributed by atoms with van der Waals surface area (Å²) in [7, 11) is 1.69. The van der Waals surface area contributed by atoms with Crippen LogP contribution in [0.1, 0.15) is 16.0 Å². The van der Waals surface area contributed by atoms with Crippen LogP contribution in [0.5, 0.6) is 5.75 Å². The Morgan fingerprint density at radius 3 is 3.15 bits per heavy atom. The molecule has 0 aromatic heterocycles. The minimum atomic E-state index is 0.238. The Morgan fingerprint density at radius 2 is 2.38 bits per heavy atom. The highest BCUT2D eigenvalue weighted by Gasteiger charge is 2.13. The van der Waals surface area contributed by atoms with E-state index in [4.69, 9.17) is 4.74 Å². The van der Waals surface area contributed by atoms with E-state index in [1.165, 1.54) is 11.1 Å². The fraction of sp³-hybridized carbons (Fsp3) is 0.273. The summed E-state index contributed by atoms with van der Waals surface area (Å²) in [5.74, 6) is 0.925. The van der Waals surface area contributed by atoms with Crippen molar-refractivity contribution in [2.45, 2.75) is 11.2 Å². The number of ether oxygens (including phenoxy) is 1. The second-order valence-corrected chi connectivity index (χ2v) is 3.92. The number of methoxy groups -OCH3 is 1. The lowest BCUT2D eigenvalue weighted by atomic mass is 9.97. The highest BCUT2D eigenvalue weighted by atomic mass is 79.9. The molecule has 1 aliphatic rings. The monoisotopic (exact) mass is 237 g/mol. The number of benzene rings is 1. The van der Waals surface area contributed by atoms with Gasteiger partial charge in [0.2, 0.25) is 0 Å². The Hall–Kier alpha value is -0.760. The van der Waals surface area contributed by atoms with Crippen LogP contribution in [0, 0.1) is 6.08 Å². The zero-order valence-electron chi connectivity index (χ0n) is 7.38. The van der Waals surface area contributed by atoms with Crippen LogP contribution in [0.4, 0.5) is 0 Å². The van der Waals surface area contributed by atoms with Gasteiger partial charge in [0, 0.05) is 0 Å². The first-order valence-electron chi connectivity index (χ1n) is 4.20. The van der Waals surface area contributed by atoms with Crippen molar-refractivity contribution in [1.29, 1.82) is 0 Å². The van der Waals surface area contributed by atoms with Gasteiger partial charge in [-0.15, -0.1) is 0 Å². The summed E-state index contributed by atoms with van der Waals surface area (Å²) in [6.07, 6.45) is 6.24. The summed E-state index contributed by atoms with van der Waals surface area (Å²) in [5.41, 5.74) is 2.61. The zero-order chi connectivity index (χ0) is 9.26. The molecule has 1 unspecified atom stereocenters. The first kappa shape index (κ1) is 8.82. The van der Waals surface area contributed by atoms with Gasteiger partial charge in [0.1, 0.15) is 5.75 Å². The van der Waals surface area contributed by atoms with Crippen LogP contribution in [0.3, 0.4) is 0 Å². The van der Waals surface area contributed by atoms with Gasteiger partial charge in [-0.25, -0.2) is 0 Å². The maximum atomic E-state index is 5.17. The maximum Gasteiger partial charge on any atom is 0.119 e. The van der Waals surface area contributed by atoms with Crippen LogP contribution in [0.25, 0.3) is 0 Å². The fourth-order valence-corrected chi connectivity index (χ4v) is 2.13. The average Bonchev–Trinajstić information content (AvgIpc) is 2.18. The topological polar surface area (TPSA) is 9.23 Å². The maximum absolute atomic E-state index is 5.17. The molecule has 1 atom stereocenters. The molecule has 0 spiro atoms. The van der Waals surface area contributed by atoms with Crippen molar-refractivity contribution in [3.63, 3.8) is 0 Å². The third kappa shape index (κ3) is 1.63. The number of rotatable bonds is 1. The van der Waals surface area contributed by atoms with Crippen molar-refractivity contribution in [2.24, 2.45) is 0 Å². The Balaban J connectivity index is 2.43. The number of allylic oxidation sites excluding steroid dienone is 2. The fourth-order valence-electron chi connectivity index (χ4n) is 1.50. The third-order valence-electron chi connectivity index (χ3n) is 2.21. The van der Waals surface area contributed by atoms with Gasteiger partial charge in [0.25, 0.3) is 0 Å². The molecule has 0 bridgehead atoms. The standard InChI is InChI=1S/C11H10BrO/c1-13-9-5-6-10-8(7-9)3-2-4-11(10)12/h2,5-7,11H,3H2,1H3. The van der Waals surface area contributed by atoms with Crippen molar-refractivity contribution < 1.29 is 4.74 Å². The van der Waals surface area contributed by atoms with Gasteiger partial charge in [-0.1, -0.05) is 28.1 Å². The van der Waals surface area contributed by atoms with Gasteiger partial charge in [-0.05, 0) is 35.8 Å². The van der Waals surface area contributed by atoms with Crippen LogP contribution in [-0.4, -0.2) is 7.11 Å². The molecule has 0 N–H and O–H groups in total. The van der Waals surface area contributed by atoms with Crippen LogP contribution in [0.2, 0.25) is 0 Å². The molecule has 1 aliphatic carbocycles. The van der Waals surface area contributed by atoms with E-state index < -0.39 is 0 Å². The van der Waals surface area contributed by atoms with Gasteiger partial charge < -0.3 is 4.74 Å². The van der Waals surface area contributed by atoms with E-state index in [9.17, 15) is 0 Å². The lowest BCUT2D eigenvalue weighted by Gasteiger charge is -2.16. The van der Waals surface area contributed by atoms with Crippen LogP contribution in [0.15, 0.2) is 24.3 Å². The van der Waals surface area contributed by atoms with E-state index >= 15 is 0 Å². The number of halogens is 1. The van der Waals surface area contributed by atoms with Crippen molar-refractivity contribution in [3.8, 4) is 5.75 Å². The second kappa shape index (κ2) is 3.54. The molecule has 2 rings (SSSR count). The van der Waals surface area contributed by atoms with E-state index in [1.807, 2.05) is 6.07 Å². The van der Waals surface area contributed by atoms with Gasteiger partial charge in [-0.2, -0.15) is 0 Å². The lowest BCUT2D eigenvalue weighted by molar-refractivity contribution is 0.414. The largest absolute Gasteiger partial charge is 0.497 e. The van der Waals surface area contributed by atoms with Crippen LogP contribution in [-0.2, 0) is 6.42 Å². The van der Waals surface area contributed by atoms with Crippen LogP contribution >= 0.6 is 15.9 Å². The molecular weight excluding hydrogens is 228 g/mol.